The summed E-state index contributed by atoms with van der Waals surface area (Å²) in [6.07, 6.45) is 1.94. The largest absolute Gasteiger partial charge is 0.505 e. The third-order valence-corrected chi connectivity index (χ3v) is 6.89. The van der Waals surface area contributed by atoms with Crippen molar-refractivity contribution in [1.29, 1.82) is 0 Å². The van der Waals surface area contributed by atoms with Crippen LogP contribution in [0.2, 0.25) is 0 Å². The van der Waals surface area contributed by atoms with E-state index in [1.807, 2.05) is 0 Å². The summed E-state index contributed by atoms with van der Waals surface area (Å²) in [7, 11) is 0. The molecule has 0 bridgehead atoms. The molecule has 0 spiro atoms. The number of carbonyl (C=O) groups excluding carboxylic acids is 2. The van der Waals surface area contributed by atoms with Crippen LogP contribution in [-0.2, 0) is 29.4 Å². The number of fused-ring (bicyclic) bond motifs is 2. The van der Waals surface area contributed by atoms with E-state index in [-0.39, 0.29) is 57.1 Å². The number of phenolic OH excluding ortho intramolecular Hbond substituents is 1. The monoisotopic (exact) mass is 599 g/mol. The number of aromatic hydroxyl groups is 1. The maximum Gasteiger partial charge on any atom is 0.341 e. The number of allylic oxidation sites excluding steroid dienone is 5. The quantitative estimate of drug-likeness (QED) is 0.277. The van der Waals surface area contributed by atoms with Gasteiger partial charge in [-0.25, -0.2) is 13.6 Å². The van der Waals surface area contributed by atoms with Crippen molar-refractivity contribution in [1.82, 2.24) is 0 Å². The smallest absolute Gasteiger partial charge is 0.341 e. The van der Waals surface area contributed by atoms with Crippen LogP contribution in [0.5, 0.6) is 17.2 Å². The summed E-state index contributed by atoms with van der Waals surface area (Å²) in [5, 5.41) is 38.2. The Hall–Kier alpha value is -5.53. The van der Waals surface area contributed by atoms with Crippen molar-refractivity contribution < 1.29 is 62.7 Å². The Morgan fingerprint density at radius 1 is 0.930 bits per heavy atom. The van der Waals surface area contributed by atoms with E-state index in [0.29, 0.717) is 0 Å². The minimum Gasteiger partial charge on any atom is -0.505 e. The van der Waals surface area contributed by atoms with Gasteiger partial charge in [-0.2, -0.15) is 0 Å². The summed E-state index contributed by atoms with van der Waals surface area (Å²) in [6.45, 7) is 0.536. The van der Waals surface area contributed by atoms with E-state index in [2.05, 4.69) is 0 Å². The molecule has 2 aromatic rings. The number of ketones is 1. The third kappa shape index (κ3) is 5.80. The number of phenols is 1. The van der Waals surface area contributed by atoms with E-state index in [1.54, 1.807) is 13.8 Å². The number of carboxylic acids is 3. The van der Waals surface area contributed by atoms with E-state index in [0.717, 1.165) is 41.3 Å². The summed E-state index contributed by atoms with van der Waals surface area (Å²) < 4.78 is 40.2. The number of benzene rings is 2. The number of ether oxygens (including phenoxy) is 2. The first-order valence-corrected chi connectivity index (χ1v) is 12.4. The number of hydrogen-bond acceptors (Lipinski definition) is 9. The van der Waals surface area contributed by atoms with Crippen molar-refractivity contribution in [3.05, 3.63) is 75.9 Å². The lowest BCUT2D eigenvalue weighted by Crippen LogP contribution is -2.35. The fraction of sp³-hybridized carbons (Fsp3) is 0.207. The Morgan fingerprint density at radius 2 is 1.58 bits per heavy atom. The van der Waals surface area contributed by atoms with Crippen LogP contribution < -0.4 is 14.4 Å². The third-order valence-electron chi connectivity index (χ3n) is 6.89. The molecule has 0 heterocycles. The van der Waals surface area contributed by atoms with Crippen LogP contribution in [0.3, 0.4) is 0 Å². The zero-order valence-electron chi connectivity index (χ0n) is 22.5. The number of halogens is 2. The second kappa shape index (κ2) is 11.4. The van der Waals surface area contributed by atoms with Gasteiger partial charge in [0.15, 0.2) is 24.0 Å². The summed E-state index contributed by atoms with van der Waals surface area (Å²) >= 11 is 0. The molecular weight excluding hydrogens is 576 g/mol. The molecule has 14 heteroatoms. The molecule has 0 saturated carbocycles. The van der Waals surface area contributed by atoms with E-state index >= 15 is 0 Å². The highest BCUT2D eigenvalue weighted by molar-refractivity contribution is 6.08. The minimum absolute atomic E-state index is 0.00694. The molecule has 2 aromatic carbocycles. The second-order valence-corrected chi connectivity index (χ2v) is 10.0. The van der Waals surface area contributed by atoms with Crippen LogP contribution in [0.25, 0.3) is 5.57 Å². The molecule has 0 atom stereocenters. The van der Waals surface area contributed by atoms with Gasteiger partial charge in [0.25, 0.3) is 6.47 Å². The van der Waals surface area contributed by atoms with Crippen molar-refractivity contribution in [2.75, 3.05) is 24.6 Å². The van der Waals surface area contributed by atoms with Gasteiger partial charge in [0, 0.05) is 22.6 Å². The van der Waals surface area contributed by atoms with Crippen LogP contribution in [0.4, 0.5) is 14.5 Å². The highest BCUT2D eigenvalue weighted by Gasteiger charge is 2.41. The lowest BCUT2D eigenvalue weighted by atomic mass is 9.64. The predicted molar refractivity (Wildman–Crippen MR) is 143 cm³/mol. The molecule has 4 N–H and O–H groups in total. The van der Waals surface area contributed by atoms with Crippen molar-refractivity contribution in [3.8, 4) is 17.2 Å². The van der Waals surface area contributed by atoms with E-state index < -0.39 is 66.2 Å². The van der Waals surface area contributed by atoms with Crippen LogP contribution in [0.1, 0.15) is 30.5 Å². The molecule has 0 unspecified atom stereocenters. The van der Waals surface area contributed by atoms with Gasteiger partial charge >= 0.3 is 17.9 Å². The molecule has 0 amide bonds. The SMILES string of the molecule is CC1(C)C2=CC(=O)C(F)=CC2=C(c2cc(OCC(=O)O)c(N(CC(=O)O)CC(=O)O)cc2OC=O)c2cc(F)c(O)cc21. The first-order chi connectivity index (χ1) is 20.1. The van der Waals surface area contributed by atoms with Gasteiger partial charge in [0.1, 0.15) is 24.6 Å². The van der Waals surface area contributed by atoms with Crippen LogP contribution in [0.15, 0.2) is 53.4 Å². The minimum atomic E-state index is -1.46. The van der Waals surface area contributed by atoms with Gasteiger partial charge in [-0.1, -0.05) is 13.8 Å². The summed E-state index contributed by atoms with van der Waals surface area (Å²) in [6, 6.07) is 4.20. The lowest BCUT2D eigenvalue weighted by Gasteiger charge is -2.39. The number of aliphatic carboxylic acids is 3. The molecule has 0 saturated heterocycles. The van der Waals surface area contributed by atoms with Gasteiger partial charge in [-0.3, -0.25) is 19.2 Å². The number of carboxylic acid groups (broad SMARTS) is 3. The molecule has 224 valence electrons. The Labute approximate surface area is 241 Å². The Morgan fingerprint density at radius 3 is 2.16 bits per heavy atom. The number of rotatable bonds is 11. The zero-order chi connectivity index (χ0) is 31.8. The van der Waals surface area contributed by atoms with E-state index in [9.17, 15) is 53.2 Å². The fourth-order valence-electron chi connectivity index (χ4n) is 5.09. The first-order valence-electron chi connectivity index (χ1n) is 12.4. The molecule has 0 radical (unpaired) electrons. The van der Waals surface area contributed by atoms with Crippen molar-refractivity contribution in [3.63, 3.8) is 0 Å². The average Bonchev–Trinajstić information content (AvgIpc) is 2.90. The van der Waals surface area contributed by atoms with Gasteiger partial charge in [0.05, 0.1) is 5.69 Å². The number of hydrogen-bond donors (Lipinski definition) is 4. The molecule has 2 aliphatic carbocycles. The molecule has 0 aromatic heterocycles. The summed E-state index contributed by atoms with van der Waals surface area (Å²) in [5.41, 5.74) is -0.863. The fourth-order valence-corrected chi connectivity index (χ4v) is 5.09. The van der Waals surface area contributed by atoms with Crippen LogP contribution >= 0.6 is 0 Å². The van der Waals surface area contributed by atoms with Gasteiger partial charge < -0.3 is 34.8 Å². The van der Waals surface area contributed by atoms with Gasteiger partial charge in [-0.05, 0) is 52.6 Å². The molecule has 43 heavy (non-hydrogen) atoms. The summed E-state index contributed by atoms with van der Waals surface area (Å²) in [4.78, 5) is 59.2. The van der Waals surface area contributed by atoms with E-state index in [1.165, 1.54) is 0 Å². The first kappa shape index (κ1) is 30.4. The predicted octanol–water partition coefficient (Wildman–Crippen LogP) is 2.96. The topological polar surface area (TPSA) is 188 Å². The highest BCUT2D eigenvalue weighted by atomic mass is 19.1. The van der Waals surface area contributed by atoms with Gasteiger partial charge in [-0.15, -0.1) is 0 Å². The Kier molecular flexibility index (Phi) is 8.06. The van der Waals surface area contributed by atoms with Crippen LogP contribution in [0, 0.1) is 5.82 Å². The Bertz CT molecular complexity index is 1670. The number of carbonyl (C=O) groups is 5. The van der Waals surface area contributed by atoms with Crippen molar-refractivity contribution in [2.45, 2.75) is 19.3 Å². The lowest BCUT2D eigenvalue weighted by molar-refractivity contribution is -0.140. The van der Waals surface area contributed by atoms with Crippen LogP contribution in [-0.4, -0.2) is 70.3 Å². The molecule has 2 aliphatic rings. The molecule has 0 aliphatic heterocycles. The molecular formula is C29H23F2NO11. The Balaban J connectivity index is 2.14. The molecule has 0 fully saturated rings. The molecule has 12 nitrogen and oxygen atoms in total. The average molecular weight is 599 g/mol. The zero-order valence-corrected chi connectivity index (χ0v) is 22.5. The normalized spacial score (nSPS) is 15.0. The number of anilines is 1. The van der Waals surface area contributed by atoms with Crippen molar-refractivity contribution in [2.24, 2.45) is 0 Å². The summed E-state index contributed by atoms with van der Waals surface area (Å²) in [5.74, 6) is -9.01. The second-order valence-electron chi connectivity index (χ2n) is 10.0. The number of nitrogens with zero attached hydrogens (tertiary/aromatic N) is 1. The maximum atomic E-state index is 14.8. The highest BCUT2D eigenvalue weighted by Crippen LogP contribution is 2.53. The maximum absolute atomic E-state index is 14.8. The molecule has 4 rings (SSSR count). The standard InChI is InChI=1S/C29H23F2NO11/c1-29(2)16-6-21(34)18(30)3-13(16)28(14-4-19(31)22(35)7-17(14)29)15-5-24(42-11-27(40)41)20(8-23(15)43-12-33)32(9-25(36)37)10-26(38)39/h3-8,12,34H,9-11H2,1-2H3,(H,36,37)(H,38,39)(H,40,41). The van der Waals surface area contributed by atoms with Gasteiger partial charge in [0.2, 0.25) is 5.78 Å². The van der Waals surface area contributed by atoms with E-state index in [4.69, 9.17) is 9.47 Å². The van der Waals surface area contributed by atoms with Crippen molar-refractivity contribution >= 4 is 41.4 Å².